The zero-order chi connectivity index (χ0) is 17.5. The first kappa shape index (κ1) is 17.4. The summed E-state index contributed by atoms with van der Waals surface area (Å²) in [6, 6.07) is 10.4. The summed E-state index contributed by atoms with van der Waals surface area (Å²) in [5, 5.41) is 21.3. The number of phenols is 1. The molecule has 0 aliphatic heterocycles. The maximum Gasteiger partial charge on any atom is 0.411 e. The Morgan fingerprint density at radius 3 is 2.42 bits per heavy atom. The van der Waals surface area contributed by atoms with Crippen LogP contribution in [0.1, 0.15) is 10.4 Å². The molecule has 2 rings (SSSR count). The van der Waals surface area contributed by atoms with Gasteiger partial charge in [0, 0.05) is 16.8 Å². The van der Waals surface area contributed by atoms with Crippen LogP contribution in [-0.4, -0.2) is 35.5 Å². The number of hydrogen-bond acceptors (Lipinski definition) is 5. The highest BCUT2D eigenvalue weighted by molar-refractivity contribution is 6.30. The fraction of sp³-hybridized carbons (Fsp3) is 0.125. The number of hydrogen-bond donors (Lipinski definition) is 3. The predicted octanol–water partition coefficient (Wildman–Crippen LogP) is 3.37. The summed E-state index contributed by atoms with van der Waals surface area (Å²) in [6.07, 6.45) is -0.753. The Labute approximate surface area is 142 Å². The summed E-state index contributed by atoms with van der Waals surface area (Å²) in [7, 11) is 0. The van der Waals surface area contributed by atoms with E-state index in [2.05, 4.69) is 5.32 Å². The van der Waals surface area contributed by atoms with Gasteiger partial charge in [-0.1, -0.05) is 11.6 Å². The Morgan fingerprint density at radius 1 is 1.08 bits per heavy atom. The number of carbonyl (C=O) groups excluding carboxylic acids is 1. The Kier molecular flexibility index (Phi) is 5.86. The summed E-state index contributed by atoms with van der Waals surface area (Å²) in [4.78, 5) is 22.4. The highest BCUT2D eigenvalue weighted by Gasteiger charge is 2.11. The number of rotatable bonds is 6. The van der Waals surface area contributed by atoms with Crippen LogP contribution in [0, 0.1) is 0 Å². The fourth-order valence-electron chi connectivity index (χ4n) is 1.77. The van der Waals surface area contributed by atoms with Gasteiger partial charge in [-0.05, 0) is 36.4 Å². The van der Waals surface area contributed by atoms with Crippen molar-refractivity contribution < 1.29 is 29.3 Å². The van der Waals surface area contributed by atoms with E-state index in [1.165, 1.54) is 12.1 Å². The molecule has 0 bridgehead atoms. The first-order chi connectivity index (χ1) is 11.5. The zero-order valence-electron chi connectivity index (χ0n) is 12.4. The Balaban J connectivity index is 1.76. The Bertz CT molecular complexity index is 732. The van der Waals surface area contributed by atoms with E-state index in [0.29, 0.717) is 10.8 Å². The third-order valence-electron chi connectivity index (χ3n) is 2.87. The minimum atomic E-state index is -1.26. The molecule has 0 saturated carbocycles. The number of ether oxygens (including phenoxy) is 2. The highest BCUT2D eigenvalue weighted by Crippen LogP contribution is 2.22. The SMILES string of the molecule is O=C(Nc1ccc(C(=O)O)c(O)c1)OCCOc1ccc(Cl)cc1. The third-order valence-corrected chi connectivity index (χ3v) is 3.13. The molecule has 0 heterocycles. The number of aromatic carboxylic acids is 1. The van der Waals surface area contributed by atoms with Gasteiger partial charge in [0.25, 0.3) is 0 Å². The second kappa shape index (κ2) is 8.07. The number of nitrogens with one attached hydrogen (secondary N) is 1. The van der Waals surface area contributed by atoms with E-state index in [4.69, 9.17) is 26.2 Å². The molecular formula is C16H14ClNO6. The molecule has 126 valence electrons. The summed E-state index contributed by atoms with van der Waals surface area (Å²) in [6.45, 7) is 0.159. The van der Waals surface area contributed by atoms with E-state index in [-0.39, 0.29) is 24.5 Å². The van der Waals surface area contributed by atoms with E-state index >= 15 is 0 Å². The molecular weight excluding hydrogens is 338 g/mol. The summed E-state index contributed by atoms with van der Waals surface area (Å²) in [5.74, 6) is -1.12. The third kappa shape index (κ3) is 5.06. The molecule has 0 spiro atoms. The lowest BCUT2D eigenvalue weighted by Gasteiger charge is -2.09. The first-order valence-electron chi connectivity index (χ1n) is 6.84. The van der Waals surface area contributed by atoms with Gasteiger partial charge in [-0.2, -0.15) is 0 Å². The molecule has 0 aliphatic carbocycles. The van der Waals surface area contributed by atoms with Gasteiger partial charge in [0.2, 0.25) is 0 Å². The van der Waals surface area contributed by atoms with Crippen molar-refractivity contribution in [2.75, 3.05) is 18.5 Å². The van der Waals surface area contributed by atoms with Crippen LogP contribution in [0.25, 0.3) is 0 Å². The normalized spacial score (nSPS) is 10.0. The molecule has 0 unspecified atom stereocenters. The van der Waals surface area contributed by atoms with E-state index < -0.39 is 17.8 Å². The topological polar surface area (TPSA) is 105 Å². The number of aromatic hydroxyl groups is 1. The van der Waals surface area contributed by atoms with Crippen LogP contribution in [0.4, 0.5) is 10.5 Å². The molecule has 0 aliphatic rings. The molecule has 8 heteroatoms. The number of carboxylic acids is 1. The quantitative estimate of drug-likeness (QED) is 0.689. The number of halogens is 1. The van der Waals surface area contributed by atoms with Crippen LogP contribution in [0.3, 0.4) is 0 Å². The molecule has 0 atom stereocenters. The average Bonchev–Trinajstić information content (AvgIpc) is 2.53. The summed E-state index contributed by atoms with van der Waals surface area (Å²) in [5.41, 5.74) is -0.0496. The van der Waals surface area contributed by atoms with Crippen LogP contribution >= 0.6 is 11.6 Å². The first-order valence-corrected chi connectivity index (χ1v) is 7.22. The maximum atomic E-state index is 11.6. The molecule has 2 aromatic carbocycles. The van der Waals surface area contributed by atoms with Gasteiger partial charge >= 0.3 is 12.1 Å². The number of benzene rings is 2. The lowest BCUT2D eigenvalue weighted by Crippen LogP contribution is -2.17. The largest absolute Gasteiger partial charge is 0.507 e. The van der Waals surface area contributed by atoms with Crippen LogP contribution in [-0.2, 0) is 4.74 Å². The van der Waals surface area contributed by atoms with Crippen molar-refractivity contribution in [3.63, 3.8) is 0 Å². The number of carbonyl (C=O) groups is 2. The molecule has 0 fully saturated rings. The zero-order valence-corrected chi connectivity index (χ0v) is 13.1. The van der Waals surface area contributed by atoms with E-state index in [0.717, 1.165) is 6.07 Å². The standard InChI is InChI=1S/C16H14ClNO6/c17-10-1-4-12(5-2-10)23-7-8-24-16(22)18-11-3-6-13(15(20)21)14(19)9-11/h1-6,9,19H,7-8H2,(H,18,22)(H,20,21). The lowest BCUT2D eigenvalue weighted by atomic mass is 10.2. The second-order valence-corrected chi connectivity index (χ2v) is 5.04. The van der Waals surface area contributed by atoms with Crippen molar-refractivity contribution in [2.45, 2.75) is 0 Å². The van der Waals surface area contributed by atoms with Gasteiger partial charge in [-0.3, -0.25) is 5.32 Å². The van der Waals surface area contributed by atoms with Crippen LogP contribution < -0.4 is 10.1 Å². The number of amides is 1. The van der Waals surface area contributed by atoms with E-state index in [1.807, 2.05) is 0 Å². The van der Waals surface area contributed by atoms with Gasteiger partial charge < -0.3 is 19.7 Å². The second-order valence-electron chi connectivity index (χ2n) is 4.60. The maximum absolute atomic E-state index is 11.6. The molecule has 0 aromatic heterocycles. The Morgan fingerprint density at radius 2 is 1.79 bits per heavy atom. The molecule has 0 saturated heterocycles. The minimum absolute atomic E-state index is 0.00759. The minimum Gasteiger partial charge on any atom is -0.507 e. The van der Waals surface area contributed by atoms with Crippen molar-refractivity contribution in [1.82, 2.24) is 0 Å². The average molecular weight is 352 g/mol. The van der Waals surface area contributed by atoms with Crippen LogP contribution in [0.15, 0.2) is 42.5 Å². The van der Waals surface area contributed by atoms with Crippen molar-refractivity contribution in [2.24, 2.45) is 0 Å². The number of anilines is 1. The van der Waals surface area contributed by atoms with Crippen molar-refractivity contribution in [3.05, 3.63) is 53.1 Å². The van der Waals surface area contributed by atoms with E-state index in [1.54, 1.807) is 24.3 Å². The van der Waals surface area contributed by atoms with Gasteiger partial charge in [0.1, 0.15) is 30.3 Å². The van der Waals surface area contributed by atoms with Crippen LogP contribution in [0.2, 0.25) is 5.02 Å². The fourth-order valence-corrected chi connectivity index (χ4v) is 1.89. The smallest absolute Gasteiger partial charge is 0.411 e. The molecule has 2 aromatic rings. The molecule has 24 heavy (non-hydrogen) atoms. The molecule has 3 N–H and O–H groups in total. The van der Waals surface area contributed by atoms with Gasteiger partial charge in [-0.15, -0.1) is 0 Å². The Hall–Kier alpha value is -2.93. The van der Waals surface area contributed by atoms with Gasteiger partial charge in [-0.25, -0.2) is 9.59 Å². The lowest BCUT2D eigenvalue weighted by molar-refractivity contribution is 0.0693. The van der Waals surface area contributed by atoms with Crippen molar-refractivity contribution in [3.8, 4) is 11.5 Å². The predicted molar refractivity (Wildman–Crippen MR) is 87.0 cm³/mol. The summed E-state index contributed by atoms with van der Waals surface area (Å²) < 4.78 is 10.3. The molecule has 1 amide bonds. The van der Waals surface area contributed by atoms with Crippen molar-refractivity contribution >= 4 is 29.4 Å². The van der Waals surface area contributed by atoms with Crippen LogP contribution in [0.5, 0.6) is 11.5 Å². The molecule has 0 radical (unpaired) electrons. The van der Waals surface area contributed by atoms with E-state index in [9.17, 15) is 14.7 Å². The molecule has 7 nitrogen and oxygen atoms in total. The van der Waals surface area contributed by atoms with Crippen molar-refractivity contribution in [1.29, 1.82) is 0 Å². The number of carboxylic acid groups (broad SMARTS) is 1. The van der Waals surface area contributed by atoms with Gasteiger partial charge in [0.05, 0.1) is 0 Å². The van der Waals surface area contributed by atoms with Gasteiger partial charge in [0.15, 0.2) is 0 Å². The highest BCUT2D eigenvalue weighted by atomic mass is 35.5. The summed E-state index contributed by atoms with van der Waals surface area (Å²) >= 11 is 5.75. The monoisotopic (exact) mass is 351 g/mol.